The molecule has 9 nitrogen and oxygen atoms in total. The summed E-state index contributed by atoms with van der Waals surface area (Å²) in [7, 11) is 0. The lowest BCUT2D eigenvalue weighted by atomic mass is 10.2. The number of H-pyrrole nitrogens is 1. The number of benzene rings is 2. The largest absolute Gasteiger partial charge is 0.453 e. The third-order valence-electron chi connectivity index (χ3n) is 4.69. The Balaban J connectivity index is 1.37. The third kappa shape index (κ3) is 5.36. The lowest BCUT2D eigenvalue weighted by molar-refractivity contribution is -0.123. The van der Waals surface area contributed by atoms with Gasteiger partial charge < -0.3 is 25.7 Å². The van der Waals surface area contributed by atoms with Crippen LogP contribution in [0.15, 0.2) is 67.0 Å². The van der Waals surface area contributed by atoms with Gasteiger partial charge in [-0.05, 0) is 36.4 Å². The van der Waals surface area contributed by atoms with Gasteiger partial charge in [0, 0.05) is 31.1 Å². The van der Waals surface area contributed by atoms with Gasteiger partial charge in [-0.25, -0.2) is 9.37 Å². The zero-order valence-electron chi connectivity index (χ0n) is 18.0. The number of carbonyl (C=O) groups is 3. The molecule has 2 aromatic carbocycles. The van der Waals surface area contributed by atoms with Gasteiger partial charge in [-0.2, -0.15) is 0 Å². The molecule has 0 unspecified atom stereocenters. The van der Waals surface area contributed by atoms with Crippen LogP contribution in [-0.4, -0.2) is 27.7 Å². The molecule has 0 aliphatic heterocycles. The Hall–Kier alpha value is -4.73. The first-order valence-corrected chi connectivity index (χ1v) is 10.2. The van der Waals surface area contributed by atoms with Gasteiger partial charge in [-0.1, -0.05) is 12.1 Å². The molecule has 0 saturated heterocycles. The molecule has 4 rings (SSSR count). The van der Waals surface area contributed by atoms with Crippen LogP contribution in [0.3, 0.4) is 0 Å². The van der Waals surface area contributed by atoms with Crippen molar-refractivity contribution in [3.05, 3.63) is 72.8 Å². The summed E-state index contributed by atoms with van der Waals surface area (Å²) in [4.78, 5) is 42.9. The van der Waals surface area contributed by atoms with Crippen molar-refractivity contribution in [2.24, 2.45) is 0 Å². The Morgan fingerprint density at radius 2 is 1.68 bits per heavy atom. The fraction of sp³-hybridized carbons (Fsp3) is 0.0833. The molecule has 0 aliphatic rings. The minimum Gasteiger partial charge on any atom is -0.453 e. The quantitative estimate of drug-likeness (QED) is 0.303. The molecule has 2 heterocycles. The molecule has 34 heavy (non-hydrogen) atoms. The maximum Gasteiger partial charge on any atom is 0.233 e. The SMILES string of the molecule is CC(=O)Nc1ccccc1NC(=O)CC(=O)Nc1ccc(Oc2ccnc3[nH]ccc23)c(F)c1. The zero-order valence-corrected chi connectivity index (χ0v) is 18.0. The van der Waals surface area contributed by atoms with Crippen LogP contribution in [0.4, 0.5) is 21.5 Å². The molecule has 3 amide bonds. The number of aromatic amines is 1. The predicted octanol–water partition coefficient (Wildman–Crippen LogP) is 4.42. The number of nitrogens with zero attached hydrogens (tertiary/aromatic N) is 1. The summed E-state index contributed by atoms with van der Waals surface area (Å²) < 4.78 is 20.3. The first kappa shape index (κ1) is 22.5. The molecule has 2 aromatic heterocycles. The van der Waals surface area contributed by atoms with Crippen molar-refractivity contribution < 1.29 is 23.5 Å². The van der Waals surface area contributed by atoms with Crippen molar-refractivity contribution in [3.8, 4) is 11.5 Å². The van der Waals surface area contributed by atoms with Gasteiger partial charge in [0.05, 0.1) is 16.8 Å². The topological polar surface area (TPSA) is 125 Å². The van der Waals surface area contributed by atoms with Crippen molar-refractivity contribution in [1.82, 2.24) is 9.97 Å². The van der Waals surface area contributed by atoms with Crippen molar-refractivity contribution in [3.63, 3.8) is 0 Å². The van der Waals surface area contributed by atoms with E-state index in [-0.39, 0.29) is 17.3 Å². The molecule has 172 valence electrons. The Morgan fingerprint density at radius 1 is 0.941 bits per heavy atom. The monoisotopic (exact) mass is 461 g/mol. The number of anilines is 3. The highest BCUT2D eigenvalue weighted by molar-refractivity contribution is 6.09. The van der Waals surface area contributed by atoms with E-state index in [1.54, 1.807) is 48.8 Å². The van der Waals surface area contributed by atoms with Gasteiger partial charge in [0.2, 0.25) is 17.7 Å². The predicted molar refractivity (Wildman–Crippen MR) is 125 cm³/mol. The normalized spacial score (nSPS) is 10.5. The zero-order chi connectivity index (χ0) is 24.1. The van der Waals surface area contributed by atoms with Crippen LogP contribution >= 0.6 is 0 Å². The smallest absolute Gasteiger partial charge is 0.233 e. The van der Waals surface area contributed by atoms with Crippen molar-refractivity contribution in [2.45, 2.75) is 13.3 Å². The van der Waals surface area contributed by atoms with Gasteiger partial charge in [0.1, 0.15) is 17.8 Å². The molecular weight excluding hydrogens is 441 g/mol. The van der Waals surface area contributed by atoms with E-state index in [2.05, 4.69) is 25.9 Å². The van der Waals surface area contributed by atoms with Gasteiger partial charge >= 0.3 is 0 Å². The van der Waals surface area contributed by atoms with Crippen LogP contribution in [-0.2, 0) is 14.4 Å². The van der Waals surface area contributed by atoms with Crippen molar-refractivity contribution in [1.29, 1.82) is 0 Å². The van der Waals surface area contributed by atoms with Crippen molar-refractivity contribution in [2.75, 3.05) is 16.0 Å². The summed E-state index contributed by atoms with van der Waals surface area (Å²) >= 11 is 0. The lowest BCUT2D eigenvalue weighted by Crippen LogP contribution is -2.22. The van der Waals surface area contributed by atoms with Crippen LogP contribution in [0.25, 0.3) is 11.0 Å². The number of pyridine rings is 1. The third-order valence-corrected chi connectivity index (χ3v) is 4.69. The molecule has 0 spiro atoms. The van der Waals surface area contributed by atoms with Crippen LogP contribution in [0, 0.1) is 5.82 Å². The molecule has 0 fully saturated rings. The van der Waals surface area contributed by atoms with E-state index in [0.29, 0.717) is 28.2 Å². The van der Waals surface area contributed by atoms with E-state index in [1.807, 2.05) is 0 Å². The van der Waals surface area contributed by atoms with Gasteiger partial charge in [-0.3, -0.25) is 14.4 Å². The minimum absolute atomic E-state index is 0.0287. The second-order valence-electron chi connectivity index (χ2n) is 7.30. The number of aromatic nitrogens is 2. The van der Waals surface area contributed by atoms with Crippen molar-refractivity contribution >= 4 is 45.8 Å². The molecule has 0 saturated carbocycles. The highest BCUT2D eigenvalue weighted by atomic mass is 19.1. The van der Waals surface area contributed by atoms with Crippen LogP contribution in [0.1, 0.15) is 13.3 Å². The Morgan fingerprint density at radius 3 is 2.41 bits per heavy atom. The summed E-state index contributed by atoms with van der Waals surface area (Å²) in [6.07, 6.45) is 2.74. The molecule has 0 aliphatic carbocycles. The van der Waals surface area contributed by atoms with E-state index in [9.17, 15) is 18.8 Å². The number of hydrogen-bond donors (Lipinski definition) is 4. The van der Waals surface area contributed by atoms with Gasteiger partial charge in [0.25, 0.3) is 0 Å². The van der Waals surface area contributed by atoms with Crippen LogP contribution < -0.4 is 20.7 Å². The summed E-state index contributed by atoms with van der Waals surface area (Å²) in [5.41, 5.74) is 1.55. The molecule has 0 radical (unpaired) electrons. The van der Waals surface area contributed by atoms with Gasteiger partial charge in [0.15, 0.2) is 11.6 Å². The minimum atomic E-state index is -0.688. The summed E-state index contributed by atoms with van der Waals surface area (Å²) in [6.45, 7) is 1.35. The molecule has 10 heteroatoms. The fourth-order valence-corrected chi connectivity index (χ4v) is 3.24. The van der Waals surface area contributed by atoms with E-state index in [0.717, 1.165) is 6.07 Å². The molecular formula is C24H20FN5O4. The highest BCUT2D eigenvalue weighted by Crippen LogP contribution is 2.31. The maximum atomic E-state index is 14.6. The average molecular weight is 461 g/mol. The molecule has 4 N–H and O–H groups in total. The number of rotatable bonds is 7. The first-order chi connectivity index (χ1) is 16.4. The number of para-hydroxylation sites is 2. The summed E-state index contributed by atoms with van der Waals surface area (Å²) in [5.74, 6) is -1.81. The number of nitrogens with one attached hydrogen (secondary N) is 4. The number of fused-ring (bicyclic) bond motifs is 1. The summed E-state index contributed by atoms with van der Waals surface area (Å²) in [5, 5.41) is 8.35. The Labute approximate surface area is 193 Å². The van der Waals surface area contributed by atoms with Crippen LogP contribution in [0.2, 0.25) is 0 Å². The lowest BCUT2D eigenvalue weighted by Gasteiger charge is -2.12. The second-order valence-corrected chi connectivity index (χ2v) is 7.30. The second kappa shape index (κ2) is 9.82. The highest BCUT2D eigenvalue weighted by Gasteiger charge is 2.14. The van der Waals surface area contributed by atoms with Gasteiger partial charge in [-0.15, -0.1) is 0 Å². The van der Waals surface area contributed by atoms with Crippen LogP contribution in [0.5, 0.6) is 11.5 Å². The first-order valence-electron chi connectivity index (χ1n) is 10.2. The molecule has 4 aromatic rings. The summed E-state index contributed by atoms with van der Waals surface area (Å²) in [6, 6.07) is 13.9. The Bertz CT molecular complexity index is 1380. The van der Waals surface area contributed by atoms with E-state index in [4.69, 9.17) is 4.74 Å². The van der Waals surface area contributed by atoms with E-state index >= 15 is 0 Å². The number of ether oxygens (including phenoxy) is 1. The van der Waals surface area contributed by atoms with E-state index in [1.165, 1.54) is 19.1 Å². The maximum absolute atomic E-state index is 14.6. The average Bonchev–Trinajstić information content (AvgIpc) is 3.26. The standard InChI is InChI=1S/C24H20FN5O4/c1-14(31)28-18-4-2-3-5-19(18)30-23(33)13-22(32)29-15-6-7-21(17(25)12-15)34-20-9-11-27-24-16(20)8-10-26-24/h2-12H,13H2,1H3,(H,26,27)(H,28,31)(H,29,32)(H,30,33). The number of carbonyl (C=O) groups excluding carboxylic acids is 3. The number of halogens is 1. The molecule has 0 bridgehead atoms. The Kier molecular flexibility index (Phi) is 6.49. The number of hydrogen-bond acceptors (Lipinski definition) is 5. The molecule has 0 atom stereocenters. The van der Waals surface area contributed by atoms with E-state index < -0.39 is 24.1 Å². The fourth-order valence-electron chi connectivity index (χ4n) is 3.24. The number of amides is 3.